The zero-order chi connectivity index (χ0) is 16.1. The van der Waals surface area contributed by atoms with Gasteiger partial charge in [-0.3, -0.25) is 4.79 Å². The average Bonchev–Trinajstić information content (AvgIpc) is 3.03. The predicted molar refractivity (Wildman–Crippen MR) is 79.8 cm³/mol. The molecule has 0 bridgehead atoms. The zero-order valence-electron chi connectivity index (χ0n) is 13.0. The van der Waals surface area contributed by atoms with E-state index < -0.39 is 0 Å². The van der Waals surface area contributed by atoms with Gasteiger partial charge < -0.3 is 20.4 Å². The molecule has 0 saturated carbocycles. The SMILES string of the molecule is COCCn1cnnc1[C@@H](C)NC(=O)Cn1nc(C)cc1N. The first-order valence-electron chi connectivity index (χ1n) is 6.97. The third-order valence-corrected chi connectivity index (χ3v) is 3.17. The molecule has 2 heterocycles. The molecule has 2 rings (SSSR count). The van der Waals surface area contributed by atoms with Crippen LogP contribution in [0, 0.1) is 6.92 Å². The van der Waals surface area contributed by atoms with E-state index >= 15 is 0 Å². The van der Waals surface area contributed by atoms with Crippen LogP contribution in [0.5, 0.6) is 0 Å². The van der Waals surface area contributed by atoms with E-state index in [1.807, 2.05) is 18.4 Å². The van der Waals surface area contributed by atoms with Crippen LogP contribution in [-0.2, 0) is 22.6 Å². The first-order chi connectivity index (χ1) is 10.5. The minimum Gasteiger partial charge on any atom is -0.384 e. The summed E-state index contributed by atoms with van der Waals surface area (Å²) in [6.07, 6.45) is 1.62. The molecule has 9 nitrogen and oxygen atoms in total. The highest BCUT2D eigenvalue weighted by molar-refractivity contribution is 5.76. The van der Waals surface area contributed by atoms with Crippen LogP contribution in [0.1, 0.15) is 24.5 Å². The molecule has 0 fully saturated rings. The second-order valence-corrected chi connectivity index (χ2v) is 5.03. The van der Waals surface area contributed by atoms with Crippen molar-refractivity contribution in [1.82, 2.24) is 29.9 Å². The van der Waals surface area contributed by atoms with E-state index in [9.17, 15) is 4.79 Å². The van der Waals surface area contributed by atoms with Crippen molar-refractivity contribution in [1.29, 1.82) is 0 Å². The number of carbonyl (C=O) groups excluding carboxylic acids is 1. The molecule has 0 radical (unpaired) electrons. The van der Waals surface area contributed by atoms with Gasteiger partial charge in [0.25, 0.3) is 0 Å². The van der Waals surface area contributed by atoms with E-state index in [-0.39, 0.29) is 18.5 Å². The van der Waals surface area contributed by atoms with Crippen LogP contribution < -0.4 is 11.1 Å². The fourth-order valence-electron chi connectivity index (χ4n) is 2.14. The number of hydrogen-bond donors (Lipinski definition) is 2. The van der Waals surface area contributed by atoms with E-state index in [2.05, 4.69) is 20.6 Å². The number of nitrogens with zero attached hydrogens (tertiary/aromatic N) is 5. The molecule has 1 amide bonds. The quantitative estimate of drug-likeness (QED) is 0.738. The summed E-state index contributed by atoms with van der Waals surface area (Å²) in [7, 11) is 1.63. The molecule has 2 aromatic rings. The normalized spacial score (nSPS) is 12.3. The largest absolute Gasteiger partial charge is 0.384 e. The lowest BCUT2D eigenvalue weighted by atomic mass is 10.3. The van der Waals surface area contributed by atoms with Gasteiger partial charge in [-0.25, -0.2) is 4.68 Å². The number of methoxy groups -OCH3 is 1. The molecule has 9 heteroatoms. The molecule has 0 saturated heterocycles. The third kappa shape index (κ3) is 3.82. The second-order valence-electron chi connectivity index (χ2n) is 5.03. The minimum atomic E-state index is -0.273. The van der Waals surface area contributed by atoms with Crippen LogP contribution in [0.15, 0.2) is 12.4 Å². The van der Waals surface area contributed by atoms with Gasteiger partial charge in [-0.1, -0.05) is 0 Å². The van der Waals surface area contributed by atoms with Crippen molar-refractivity contribution in [3.05, 3.63) is 23.9 Å². The Kier molecular flexibility index (Phi) is 5.10. The maximum absolute atomic E-state index is 12.1. The summed E-state index contributed by atoms with van der Waals surface area (Å²) < 4.78 is 8.35. The molecule has 0 aliphatic carbocycles. The number of aromatic nitrogens is 5. The number of aryl methyl sites for hydroxylation is 1. The molecule has 0 unspecified atom stereocenters. The molecule has 3 N–H and O–H groups in total. The highest BCUT2D eigenvalue weighted by Crippen LogP contribution is 2.10. The summed E-state index contributed by atoms with van der Waals surface area (Å²) in [5.74, 6) is 0.946. The smallest absolute Gasteiger partial charge is 0.242 e. The molecule has 22 heavy (non-hydrogen) atoms. The number of nitrogens with one attached hydrogen (secondary N) is 1. The van der Waals surface area contributed by atoms with Gasteiger partial charge in [-0.2, -0.15) is 5.10 Å². The van der Waals surface area contributed by atoms with Crippen LogP contribution >= 0.6 is 0 Å². The van der Waals surface area contributed by atoms with E-state index in [4.69, 9.17) is 10.5 Å². The van der Waals surface area contributed by atoms with Gasteiger partial charge in [-0.15, -0.1) is 10.2 Å². The summed E-state index contributed by atoms with van der Waals surface area (Å²) in [5, 5.41) is 14.9. The monoisotopic (exact) mass is 307 g/mol. The summed E-state index contributed by atoms with van der Waals surface area (Å²) in [6.45, 7) is 4.92. The Morgan fingerprint density at radius 1 is 1.55 bits per heavy atom. The summed E-state index contributed by atoms with van der Waals surface area (Å²) in [5.41, 5.74) is 6.55. The Balaban J connectivity index is 1.96. The lowest BCUT2D eigenvalue weighted by Gasteiger charge is -2.15. The van der Waals surface area contributed by atoms with Gasteiger partial charge in [0, 0.05) is 19.7 Å². The van der Waals surface area contributed by atoms with Gasteiger partial charge in [0.2, 0.25) is 5.91 Å². The standard InChI is InChI=1S/C13H21N7O2/c1-9-6-11(14)20(18-9)7-12(21)16-10(2)13-17-15-8-19(13)4-5-22-3/h6,8,10H,4-5,7,14H2,1-3H3,(H,16,21)/t10-/m1/s1. The number of ether oxygens (including phenoxy) is 1. The third-order valence-electron chi connectivity index (χ3n) is 3.17. The first kappa shape index (κ1) is 16.0. The number of rotatable bonds is 7. The maximum Gasteiger partial charge on any atom is 0.242 e. The highest BCUT2D eigenvalue weighted by atomic mass is 16.5. The number of nitrogen functional groups attached to an aromatic ring is 1. The van der Waals surface area contributed by atoms with Gasteiger partial charge in [0.1, 0.15) is 18.7 Å². The summed E-state index contributed by atoms with van der Waals surface area (Å²) >= 11 is 0. The molecule has 0 aliphatic heterocycles. The first-order valence-corrected chi connectivity index (χ1v) is 6.97. The Morgan fingerprint density at radius 3 is 2.95 bits per heavy atom. The van der Waals surface area contributed by atoms with Crippen molar-refractivity contribution >= 4 is 11.7 Å². The van der Waals surface area contributed by atoms with Crippen LogP contribution in [0.3, 0.4) is 0 Å². The van der Waals surface area contributed by atoms with E-state index in [1.165, 1.54) is 4.68 Å². The number of carbonyl (C=O) groups is 1. The number of hydrogen-bond acceptors (Lipinski definition) is 6. The summed E-state index contributed by atoms with van der Waals surface area (Å²) in [4.78, 5) is 12.1. The molecular formula is C13H21N7O2. The molecule has 1 atom stereocenters. The van der Waals surface area contributed by atoms with E-state index in [0.717, 1.165) is 5.69 Å². The minimum absolute atomic E-state index is 0.0657. The van der Waals surface area contributed by atoms with Crippen LogP contribution in [0.25, 0.3) is 0 Å². The van der Waals surface area contributed by atoms with Gasteiger partial charge in [0.05, 0.1) is 18.3 Å². The van der Waals surface area contributed by atoms with Crippen molar-refractivity contribution in [2.45, 2.75) is 33.0 Å². The van der Waals surface area contributed by atoms with E-state index in [1.54, 1.807) is 19.5 Å². The average molecular weight is 307 g/mol. The molecule has 0 aliphatic rings. The summed E-state index contributed by atoms with van der Waals surface area (Å²) in [6, 6.07) is 1.45. The Labute approximate surface area is 128 Å². The Hall–Kier alpha value is -2.42. The van der Waals surface area contributed by atoms with Gasteiger partial charge >= 0.3 is 0 Å². The highest BCUT2D eigenvalue weighted by Gasteiger charge is 2.16. The maximum atomic E-state index is 12.1. The van der Waals surface area contributed by atoms with Crippen LogP contribution in [0.4, 0.5) is 5.82 Å². The van der Waals surface area contributed by atoms with Crippen molar-refractivity contribution in [3.8, 4) is 0 Å². The van der Waals surface area contributed by atoms with Crippen LogP contribution in [-0.4, -0.2) is 44.2 Å². The van der Waals surface area contributed by atoms with Gasteiger partial charge in [0.15, 0.2) is 5.82 Å². The zero-order valence-corrected chi connectivity index (χ0v) is 13.0. The molecule has 2 aromatic heterocycles. The number of amides is 1. The fraction of sp³-hybridized carbons (Fsp3) is 0.538. The lowest BCUT2D eigenvalue weighted by Crippen LogP contribution is -2.32. The predicted octanol–water partition coefficient (Wildman–Crippen LogP) is -0.111. The Morgan fingerprint density at radius 2 is 2.32 bits per heavy atom. The molecule has 120 valence electrons. The number of anilines is 1. The van der Waals surface area contributed by atoms with Crippen molar-refractivity contribution < 1.29 is 9.53 Å². The van der Waals surface area contributed by atoms with Gasteiger partial charge in [-0.05, 0) is 13.8 Å². The second kappa shape index (κ2) is 7.03. The molecule has 0 spiro atoms. The number of nitrogens with two attached hydrogens (primary N) is 1. The molecular weight excluding hydrogens is 286 g/mol. The van der Waals surface area contributed by atoms with Crippen molar-refractivity contribution in [2.24, 2.45) is 0 Å². The lowest BCUT2D eigenvalue weighted by molar-refractivity contribution is -0.122. The topological polar surface area (TPSA) is 113 Å². The van der Waals surface area contributed by atoms with Crippen LogP contribution in [0.2, 0.25) is 0 Å². The fourth-order valence-corrected chi connectivity index (χ4v) is 2.14. The van der Waals surface area contributed by atoms with E-state index in [0.29, 0.717) is 24.8 Å². The van der Waals surface area contributed by atoms with Crippen molar-refractivity contribution in [2.75, 3.05) is 19.5 Å². The Bertz CT molecular complexity index is 634. The van der Waals surface area contributed by atoms with Crippen molar-refractivity contribution in [3.63, 3.8) is 0 Å². The molecule has 0 aromatic carbocycles.